The largest absolute Gasteiger partial charge is 0.377 e. The molecule has 10 heteroatoms. The van der Waals surface area contributed by atoms with E-state index >= 15 is 0 Å². The fourth-order valence-corrected chi connectivity index (χ4v) is 2.46. The molecular weight excluding hydrogens is 338 g/mol. The van der Waals surface area contributed by atoms with Gasteiger partial charge < -0.3 is 9.88 Å². The Kier molecular flexibility index (Phi) is 3.90. The van der Waals surface area contributed by atoms with Gasteiger partial charge in [-0.3, -0.25) is 14.9 Å². The molecule has 0 amide bonds. The Balaban J connectivity index is 2.41. The van der Waals surface area contributed by atoms with Crippen LogP contribution in [0.5, 0.6) is 0 Å². The smallest absolute Gasteiger partial charge is 0.333 e. The van der Waals surface area contributed by atoms with Crippen LogP contribution in [0.1, 0.15) is 5.69 Å². The van der Waals surface area contributed by atoms with Gasteiger partial charge >= 0.3 is 5.69 Å². The number of nitrogens with zero attached hydrogens (tertiary/aromatic N) is 4. The van der Waals surface area contributed by atoms with Crippen LogP contribution in [0.4, 0.5) is 10.7 Å². The summed E-state index contributed by atoms with van der Waals surface area (Å²) in [4.78, 5) is 21.6. The van der Waals surface area contributed by atoms with E-state index in [9.17, 15) is 14.9 Å². The Labute approximate surface area is 119 Å². The van der Waals surface area contributed by atoms with E-state index < -0.39 is 16.0 Å². The van der Waals surface area contributed by atoms with Gasteiger partial charge in [-0.2, -0.15) is 0 Å². The van der Waals surface area contributed by atoms with E-state index in [2.05, 4.69) is 30.8 Å². The van der Waals surface area contributed by atoms with Crippen molar-refractivity contribution in [2.75, 3.05) is 12.4 Å². The fraction of sp³-hybridized carbons (Fsp3) is 0.222. The van der Waals surface area contributed by atoms with Crippen molar-refractivity contribution >= 4 is 38.2 Å². The van der Waals surface area contributed by atoms with Crippen molar-refractivity contribution < 1.29 is 4.92 Å². The SMILES string of the molecule is CNc1snnc1Cn1cc(Br)c(=O)c([N+](=O)[O-])c1. The minimum absolute atomic E-state index is 0.135. The molecule has 0 aromatic carbocycles. The highest BCUT2D eigenvalue weighted by atomic mass is 79.9. The predicted molar refractivity (Wildman–Crippen MR) is 73.6 cm³/mol. The molecule has 0 bridgehead atoms. The molecule has 2 heterocycles. The van der Waals surface area contributed by atoms with Crippen molar-refractivity contribution in [3.63, 3.8) is 0 Å². The van der Waals surface area contributed by atoms with Crippen molar-refractivity contribution in [2.45, 2.75) is 6.54 Å². The average Bonchev–Trinajstić information content (AvgIpc) is 2.80. The molecule has 0 aliphatic heterocycles. The van der Waals surface area contributed by atoms with Crippen molar-refractivity contribution in [3.8, 4) is 0 Å². The van der Waals surface area contributed by atoms with Gasteiger partial charge in [0, 0.05) is 24.8 Å². The molecule has 0 unspecified atom stereocenters. The second-order valence-electron chi connectivity index (χ2n) is 3.55. The molecule has 0 atom stereocenters. The van der Waals surface area contributed by atoms with Crippen LogP contribution in [-0.2, 0) is 6.54 Å². The topological polar surface area (TPSA) is 103 Å². The Morgan fingerprint density at radius 1 is 1.58 bits per heavy atom. The van der Waals surface area contributed by atoms with Gasteiger partial charge in [-0.1, -0.05) is 4.49 Å². The van der Waals surface area contributed by atoms with Crippen LogP contribution in [0, 0.1) is 10.1 Å². The van der Waals surface area contributed by atoms with Crippen LogP contribution in [0.25, 0.3) is 0 Å². The molecule has 0 aliphatic carbocycles. The lowest BCUT2D eigenvalue weighted by molar-refractivity contribution is -0.386. The van der Waals surface area contributed by atoms with Gasteiger partial charge in [0.2, 0.25) is 0 Å². The lowest BCUT2D eigenvalue weighted by Gasteiger charge is -2.06. The van der Waals surface area contributed by atoms with Crippen molar-refractivity contribution in [3.05, 3.63) is 42.9 Å². The van der Waals surface area contributed by atoms with Crippen LogP contribution in [0.3, 0.4) is 0 Å². The summed E-state index contributed by atoms with van der Waals surface area (Å²) in [5.74, 6) is 0. The predicted octanol–water partition coefficient (Wildman–Crippen LogP) is 1.46. The van der Waals surface area contributed by atoms with Crippen LogP contribution < -0.4 is 10.7 Å². The maximum Gasteiger partial charge on any atom is 0.333 e. The van der Waals surface area contributed by atoms with E-state index in [1.807, 2.05) is 0 Å². The zero-order valence-corrected chi connectivity index (χ0v) is 12.1. The number of halogens is 1. The van der Waals surface area contributed by atoms with Gasteiger partial charge in [0.1, 0.15) is 10.7 Å². The van der Waals surface area contributed by atoms with Gasteiger partial charge in [-0.25, -0.2) is 0 Å². The molecule has 2 rings (SSSR count). The van der Waals surface area contributed by atoms with E-state index in [1.165, 1.54) is 28.5 Å². The molecular formula is C9H8BrN5O3S. The summed E-state index contributed by atoms with van der Waals surface area (Å²) in [5.41, 5.74) is -0.479. The first-order chi connectivity index (χ1) is 9.02. The number of nitro groups is 1. The molecule has 0 radical (unpaired) electrons. The fourth-order valence-electron chi connectivity index (χ4n) is 1.48. The molecule has 19 heavy (non-hydrogen) atoms. The Bertz CT molecular complexity index is 683. The molecule has 0 aliphatic rings. The summed E-state index contributed by atoms with van der Waals surface area (Å²) >= 11 is 4.21. The Hall–Kier alpha value is -1.81. The van der Waals surface area contributed by atoms with Gasteiger partial charge in [-0.05, 0) is 15.9 Å². The maximum absolute atomic E-state index is 11.5. The first kappa shape index (κ1) is 13.6. The summed E-state index contributed by atoms with van der Waals surface area (Å²) in [5, 5.41) is 18.4. The first-order valence-corrected chi connectivity index (χ1v) is 6.62. The lowest BCUT2D eigenvalue weighted by atomic mass is 10.3. The third kappa shape index (κ3) is 2.79. The number of rotatable bonds is 4. The van der Waals surface area contributed by atoms with Gasteiger partial charge in [-0.15, -0.1) is 5.10 Å². The molecule has 0 spiro atoms. The highest BCUT2D eigenvalue weighted by Crippen LogP contribution is 2.19. The van der Waals surface area contributed by atoms with Crippen LogP contribution in [0.2, 0.25) is 0 Å². The maximum atomic E-state index is 11.5. The summed E-state index contributed by atoms with van der Waals surface area (Å²) in [7, 11) is 1.74. The molecule has 0 saturated heterocycles. The highest BCUT2D eigenvalue weighted by molar-refractivity contribution is 9.10. The third-order valence-corrected chi connectivity index (χ3v) is 3.68. The number of aromatic nitrogens is 3. The number of nitrogens with one attached hydrogen (secondary N) is 1. The molecule has 8 nitrogen and oxygen atoms in total. The normalized spacial score (nSPS) is 10.4. The van der Waals surface area contributed by atoms with E-state index in [0.717, 1.165) is 5.00 Å². The standard InChI is InChI=1S/C9H8BrN5O3S/c1-11-9-6(12-13-19-9)3-14-2-5(10)8(16)7(4-14)15(17)18/h2,4,11H,3H2,1H3. The van der Waals surface area contributed by atoms with Gasteiger partial charge in [0.05, 0.1) is 22.1 Å². The molecule has 2 aromatic heterocycles. The minimum Gasteiger partial charge on any atom is -0.377 e. The van der Waals surface area contributed by atoms with E-state index in [1.54, 1.807) is 7.05 Å². The number of pyridine rings is 1. The zero-order chi connectivity index (χ0) is 14.0. The van der Waals surface area contributed by atoms with Gasteiger partial charge in [0.15, 0.2) is 0 Å². The Morgan fingerprint density at radius 2 is 2.32 bits per heavy atom. The van der Waals surface area contributed by atoms with Crippen LogP contribution in [0.15, 0.2) is 21.7 Å². The van der Waals surface area contributed by atoms with E-state index in [-0.39, 0.29) is 11.0 Å². The van der Waals surface area contributed by atoms with Crippen molar-refractivity contribution in [1.82, 2.24) is 14.2 Å². The lowest BCUT2D eigenvalue weighted by Crippen LogP contribution is -2.14. The molecule has 1 N–H and O–H groups in total. The summed E-state index contributed by atoms with van der Waals surface area (Å²) in [6, 6.07) is 0. The molecule has 0 fully saturated rings. The van der Waals surface area contributed by atoms with Crippen LogP contribution in [-0.4, -0.2) is 26.1 Å². The number of hydrogen-bond donors (Lipinski definition) is 1. The first-order valence-electron chi connectivity index (χ1n) is 5.06. The van der Waals surface area contributed by atoms with Crippen molar-refractivity contribution in [1.29, 1.82) is 0 Å². The third-order valence-electron chi connectivity index (χ3n) is 2.33. The van der Waals surface area contributed by atoms with Crippen LogP contribution >= 0.6 is 27.5 Å². The quantitative estimate of drug-likeness (QED) is 0.664. The number of anilines is 1. The summed E-state index contributed by atoms with van der Waals surface area (Å²) < 4.78 is 5.45. The minimum atomic E-state index is -0.706. The van der Waals surface area contributed by atoms with Crippen molar-refractivity contribution in [2.24, 2.45) is 0 Å². The van der Waals surface area contributed by atoms with Gasteiger partial charge in [0.25, 0.3) is 5.43 Å². The second-order valence-corrected chi connectivity index (χ2v) is 5.16. The summed E-state index contributed by atoms with van der Waals surface area (Å²) in [6.45, 7) is 0.284. The average molecular weight is 346 g/mol. The molecule has 100 valence electrons. The zero-order valence-electron chi connectivity index (χ0n) is 9.66. The molecule has 2 aromatic rings. The van der Waals surface area contributed by atoms with E-state index in [4.69, 9.17) is 0 Å². The molecule has 0 saturated carbocycles. The number of hydrogen-bond acceptors (Lipinski definition) is 7. The summed E-state index contributed by atoms with van der Waals surface area (Å²) in [6.07, 6.45) is 2.67. The second kappa shape index (κ2) is 5.45. The highest BCUT2D eigenvalue weighted by Gasteiger charge is 2.17. The van der Waals surface area contributed by atoms with E-state index in [0.29, 0.717) is 5.69 Å². The monoisotopic (exact) mass is 345 g/mol. The Morgan fingerprint density at radius 3 is 2.95 bits per heavy atom.